The Kier molecular flexibility index (Phi) is 6.99. The number of phenols is 1. The zero-order valence-electron chi connectivity index (χ0n) is 26.9. The van der Waals surface area contributed by atoms with Crippen LogP contribution in [0.5, 0.6) is 5.75 Å². The molecule has 1 N–H and O–H groups in total. The Balaban J connectivity index is 1.45. The summed E-state index contributed by atoms with van der Waals surface area (Å²) in [6.07, 6.45) is 4.65. The van der Waals surface area contributed by atoms with Crippen molar-refractivity contribution in [2.45, 2.75) is 27.7 Å². The smallest absolute Gasteiger partial charge is 0.149 e. The third-order valence-corrected chi connectivity index (χ3v) is 10.4. The van der Waals surface area contributed by atoms with E-state index in [0.717, 1.165) is 48.7 Å². The van der Waals surface area contributed by atoms with Crippen molar-refractivity contribution >= 4 is 60.0 Å². The largest absolute Gasteiger partial charge is 0.507 e. The number of benzene rings is 5. The van der Waals surface area contributed by atoms with Gasteiger partial charge in [-0.1, -0.05) is 107 Å². The lowest BCUT2D eigenvalue weighted by molar-refractivity contribution is 0.250. The van der Waals surface area contributed by atoms with Crippen molar-refractivity contribution in [2.24, 2.45) is 17.3 Å². The molecule has 2 aromatic heterocycles. The third kappa shape index (κ3) is 4.75. The standard InChI is InChI=1S/C42H36BrN3O/c1-26-32(42(2,3)4)22-23-35(39(26)27-14-7-5-8-15-27)46-36-21-13-19-33(43)40(36)44-41(46)31-24-30-29-18-11-12-20-34(29)45(37(30)25-38(31)47)28-16-9-6-10-17-28/h5-26,32,47H,1-4H3. The van der Waals surface area contributed by atoms with Crippen LogP contribution >= 0.6 is 15.9 Å². The highest BCUT2D eigenvalue weighted by Crippen LogP contribution is 2.48. The highest BCUT2D eigenvalue weighted by molar-refractivity contribution is 9.10. The van der Waals surface area contributed by atoms with Crippen molar-refractivity contribution in [1.82, 2.24) is 14.1 Å². The van der Waals surface area contributed by atoms with Gasteiger partial charge in [-0.3, -0.25) is 4.57 Å². The van der Waals surface area contributed by atoms with Crippen LogP contribution in [0, 0.1) is 17.3 Å². The van der Waals surface area contributed by atoms with Crippen molar-refractivity contribution in [3.8, 4) is 22.8 Å². The minimum Gasteiger partial charge on any atom is -0.507 e. The number of halogens is 1. The molecule has 47 heavy (non-hydrogen) atoms. The highest BCUT2D eigenvalue weighted by atomic mass is 79.9. The van der Waals surface area contributed by atoms with Gasteiger partial charge in [-0.05, 0) is 86.8 Å². The van der Waals surface area contributed by atoms with Crippen molar-refractivity contribution < 1.29 is 5.11 Å². The van der Waals surface area contributed by atoms with Crippen LogP contribution in [0.25, 0.3) is 61.2 Å². The maximum absolute atomic E-state index is 11.9. The van der Waals surface area contributed by atoms with Crippen molar-refractivity contribution in [3.63, 3.8) is 0 Å². The van der Waals surface area contributed by atoms with Crippen LogP contribution in [0.1, 0.15) is 33.3 Å². The molecular formula is C42H36BrN3O. The lowest BCUT2D eigenvalue weighted by atomic mass is 9.67. The molecule has 2 heterocycles. The summed E-state index contributed by atoms with van der Waals surface area (Å²) in [7, 11) is 0. The van der Waals surface area contributed by atoms with Crippen LogP contribution in [0.3, 0.4) is 0 Å². The number of aromatic hydroxyl groups is 1. The number of phenolic OH excluding ortho intramolecular Hbond substituents is 1. The second kappa shape index (κ2) is 11.1. The Morgan fingerprint density at radius 3 is 2.15 bits per heavy atom. The van der Waals surface area contributed by atoms with Crippen LogP contribution in [0.4, 0.5) is 0 Å². The van der Waals surface area contributed by atoms with Crippen LogP contribution < -0.4 is 0 Å². The molecule has 0 spiro atoms. The molecule has 0 saturated carbocycles. The van der Waals surface area contributed by atoms with E-state index in [1.54, 1.807) is 0 Å². The molecule has 232 valence electrons. The zero-order valence-corrected chi connectivity index (χ0v) is 28.5. The minimum atomic E-state index is 0.0839. The SMILES string of the molecule is CC1C(c2ccccc2)=C(n2c(-c3cc4c5ccccc5n(-c5ccccc5)c4cc3O)nc3c(Br)cccc32)C=CC1C(C)(C)C. The fourth-order valence-corrected chi connectivity index (χ4v) is 8.10. The van der Waals surface area contributed by atoms with Crippen LogP contribution in [-0.4, -0.2) is 19.2 Å². The molecular weight excluding hydrogens is 642 g/mol. The first-order valence-corrected chi connectivity index (χ1v) is 17.0. The fraction of sp³-hybridized carbons (Fsp3) is 0.167. The number of aromatic nitrogens is 3. The van der Waals surface area contributed by atoms with Gasteiger partial charge < -0.3 is 9.67 Å². The molecule has 0 bridgehead atoms. The maximum atomic E-state index is 11.9. The highest BCUT2D eigenvalue weighted by Gasteiger charge is 2.35. The Hall–Kier alpha value is -4.87. The second-order valence-electron chi connectivity index (χ2n) is 13.7. The van der Waals surface area contributed by atoms with Gasteiger partial charge in [-0.25, -0.2) is 4.98 Å². The number of allylic oxidation sites excluding steroid dienone is 4. The van der Waals surface area contributed by atoms with Crippen LogP contribution in [0.15, 0.2) is 132 Å². The van der Waals surface area contributed by atoms with Crippen LogP contribution in [0.2, 0.25) is 0 Å². The monoisotopic (exact) mass is 677 g/mol. The van der Waals surface area contributed by atoms with E-state index in [1.165, 1.54) is 11.1 Å². The molecule has 0 saturated heterocycles. The summed E-state index contributed by atoms with van der Waals surface area (Å²) in [5.74, 6) is 1.49. The van der Waals surface area contributed by atoms with E-state index in [4.69, 9.17) is 4.98 Å². The molecule has 1 aliphatic carbocycles. The molecule has 0 radical (unpaired) electrons. The fourth-order valence-electron chi connectivity index (χ4n) is 7.65. The number of imidazole rings is 1. The van der Waals surface area contributed by atoms with Crippen molar-refractivity contribution in [2.75, 3.05) is 0 Å². The summed E-state index contributed by atoms with van der Waals surface area (Å²) in [6, 6.07) is 39.7. The number of rotatable bonds is 4. The third-order valence-electron chi connectivity index (χ3n) is 9.74. The number of fused-ring (bicyclic) bond motifs is 4. The predicted molar refractivity (Wildman–Crippen MR) is 200 cm³/mol. The molecule has 5 aromatic carbocycles. The van der Waals surface area contributed by atoms with Gasteiger partial charge in [0.05, 0.1) is 27.8 Å². The zero-order chi connectivity index (χ0) is 32.4. The predicted octanol–water partition coefficient (Wildman–Crippen LogP) is 11.5. The first-order valence-electron chi connectivity index (χ1n) is 16.2. The van der Waals surface area contributed by atoms with Gasteiger partial charge in [0.25, 0.3) is 0 Å². The van der Waals surface area contributed by atoms with Crippen molar-refractivity contribution in [3.05, 3.63) is 137 Å². The van der Waals surface area contributed by atoms with Gasteiger partial charge in [0, 0.05) is 27.0 Å². The lowest BCUT2D eigenvalue weighted by Gasteiger charge is -2.38. The van der Waals surface area contributed by atoms with Gasteiger partial charge in [-0.2, -0.15) is 0 Å². The summed E-state index contributed by atoms with van der Waals surface area (Å²) in [4.78, 5) is 5.27. The first kappa shape index (κ1) is 29.5. The van der Waals surface area contributed by atoms with E-state index in [0.29, 0.717) is 17.3 Å². The summed E-state index contributed by atoms with van der Waals surface area (Å²) < 4.78 is 5.39. The van der Waals surface area contributed by atoms with E-state index < -0.39 is 0 Å². The van der Waals surface area contributed by atoms with Gasteiger partial charge >= 0.3 is 0 Å². The molecule has 2 unspecified atom stereocenters. The molecule has 1 aliphatic rings. The average Bonchev–Trinajstić information content (AvgIpc) is 3.61. The van der Waals surface area contributed by atoms with Crippen LogP contribution in [-0.2, 0) is 0 Å². The van der Waals surface area contributed by atoms with Gasteiger partial charge in [0.15, 0.2) is 0 Å². The number of hydrogen-bond acceptors (Lipinski definition) is 2. The number of para-hydroxylation sites is 3. The molecule has 0 fully saturated rings. The maximum Gasteiger partial charge on any atom is 0.149 e. The molecule has 4 nitrogen and oxygen atoms in total. The topological polar surface area (TPSA) is 43.0 Å². The van der Waals surface area contributed by atoms with Crippen molar-refractivity contribution in [1.29, 1.82) is 0 Å². The Labute approximate surface area is 283 Å². The Bertz CT molecular complexity index is 2370. The lowest BCUT2D eigenvalue weighted by Crippen LogP contribution is -2.28. The summed E-state index contributed by atoms with van der Waals surface area (Å²) in [6.45, 7) is 9.31. The average molecular weight is 679 g/mol. The Morgan fingerprint density at radius 2 is 1.40 bits per heavy atom. The molecule has 0 aliphatic heterocycles. The number of hydrogen-bond donors (Lipinski definition) is 1. The van der Waals surface area contributed by atoms with Gasteiger partial charge in [0.2, 0.25) is 0 Å². The summed E-state index contributed by atoms with van der Waals surface area (Å²) >= 11 is 3.79. The molecule has 8 rings (SSSR count). The molecule has 0 amide bonds. The first-order chi connectivity index (χ1) is 22.7. The quantitative estimate of drug-likeness (QED) is 0.201. The molecule has 2 atom stereocenters. The normalized spacial score (nSPS) is 17.0. The van der Waals surface area contributed by atoms with Gasteiger partial charge in [-0.15, -0.1) is 0 Å². The van der Waals surface area contributed by atoms with E-state index >= 15 is 0 Å². The van der Waals surface area contributed by atoms with E-state index in [1.807, 2.05) is 30.3 Å². The van der Waals surface area contributed by atoms with E-state index in [-0.39, 0.29) is 17.1 Å². The van der Waals surface area contributed by atoms with E-state index in [9.17, 15) is 5.11 Å². The minimum absolute atomic E-state index is 0.0839. The summed E-state index contributed by atoms with van der Waals surface area (Å²) in [5.41, 5.74) is 9.25. The molecule has 7 aromatic rings. The Morgan fingerprint density at radius 1 is 0.723 bits per heavy atom. The van der Waals surface area contributed by atoms with Gasteiger partial charge in [0.1, 0.15) is 17.1 Å². The number of nitrogens with zero attached hydrogens (tertiary/aromatic N) is 3. The second-order valence-corrected chi connectivity index (χ2v) is 14.5. The van der Waals surface area contributed by atoms with E-state index in [2.05, 4.69) is 150 Å². The summed E-state index contributed by atoms with van der Waals surface area (Å²) in [5, 5.41) is 14.1. The molecule has 5 heteroatoms.